The molecule has 0 saturated carbocycles. The molecular weight excluding hydrogens is 278 g/mol. The minimum atomic E-state index is -0.503. The molecule has 122 valence electrons. The molecule has 5 heteroatoms. The second-order valence-corrected chi connectivity index (χ2v) is 5.36. The molecule has 0 heterocycles. The first-order valence-corrected chi connectivity index (χ1v) is 7.98. The Bertz CT molecular complexity index is 448. The summed E-state index contributed by atoms with van der Waals surface area (Å²) in [6, 6.07) is 9.20. The molecule has 5 nitrogen and oxygen atoms in total. The van der Waals surface area contributed by atoms with E-state index in [-0.39, 0.29) is 11.8 Å². The van der Waals surface area contributed by atoms with Crippen LogP contribution in [0.2, 0.25) is 0 Å². The van der Waals surface area contributed by atoms with E-state index in [1.807, 2.05) is 37.3 Å². The van der Waals surface area contributed by atoms with Gasteiger partial charge < -0.3 is 16.4 Å². The lowest BCUT2D eigenvalue weighted by atomic mass is 10.1. The molecule has 0 fully saturated rings. The van der Waals surface area contributed by atoms with E-state index >= 15 is 0 Å². The van der Waals surface area contributed by atoms with Gasteiger partial charge in [-0.15, -0.1) is 0 Å². The van der Waals surface area contributed by atoms with Gasteiger partial charge in [0.15, 0.2) is 0 Å². The Kier molecular flexibility index (Phi) is 8.91. The molecule has 22 heavy (non-hydrogen) atoms. The highest BCUT2D eigenvalue weighted by Crippen LogP contribution is 2.02. The van der Waals surface area contributed by atoms with Gasteiger partial charge in [0.05, 0.1) is 0 Å². The molecule has 4 N–H and O–H groups in total. The zero-order valence-electron chi connectivity index (χ0n) is 13.3. The van der Waals surface area contributed by atoms with Crippen LogP contribution < -0.4 is 16.4 Å². The summed E-state index contributed by atoms with van der Waals surface area (Å²) in [5.41, 5.74) is 6.54. The average Bonchev–Trinajstić information content (AvgIpc) is 2.55. The van der Waals surface area contributed by atoms with E-state index in [0.717, 1.165) is 18.4 Å². The van der Waals surface area contributed by atoms with E-state index < -0.39 is 6.04 Å². The van der Waals surface area contributed by atoms with Crippen LogP contribution in [-0.4, -0.2) is 24.4 Å². The number of unbranched alkanes of at least 4 members (excludes halogenated alkanes) is 1. The minimum Gasteiger partial charge on any atom is -0.350 e. The number of benzene rings is 1. The monoisotopic (exact) mass is 305 g/mol. The lowest BCUT2D eigenvalue weighted by Crippen LogP contribution is -2.46. The Morgan fingerprint density at radius 3 is 2.55 bits per heavy atom. The molecule has 1 aromatic carbocycles. The molecule has 0 spiro atoms. The summed E-state index contributed by atoms with van der Waals surface area (Å²) < 4.78 is 0. The first kappa shape index (κ1) is 18.2. The predicted octanol–water partition coefficient (Wildman–Crippen LogP) is 1.72. The molecule has 0 aliphatic heterocycles. The van der Waals surface area contributed by atoms with Gasteiger partial charge in [-0.2, -0.15) is 0 Å². The van der Waals surface area contributed by atoms with Gasteiger partial charge >= 0.3 is 0 Å². The fourth-order valence-electron chi connectivity index (χ4n) is 2.10. The second kappa shape index (κ2) is 10.8. The summed E-state index contributed by atoms with van der Waals surface area (Å²) in [5, 5.41) is 5.69. The maximum atomic E-state index is 12.3. The van der Waals surface area contributed by atoms with Crippen molar-refractivity contribution in [1.82, 2.24) is 10.6 Å². The first-order chi connectivity index (χ1) is 10.7. The lowest BCUT2D eigenvalue weighted by Gasteiger charge is -2.18. The van der Waals surface area contributed by atoms with Crippen LogP contribution in [0.25, 0.3) is 0 Å². The van der Waals surface area contributed by atoms with E-state index in [0.29, 0.717) is 32.4 Å². The third-order valence-corrected chi connectivity index (χ3v) is 3.42. The van der Waals surface area contributed by atoms with E-state index in [9.17, 15) is 9.59 Å². The van der Waals surface area contributed by atoms with Crippen molar-refractivity contribution in [3.05, 3.63) is 35.9 Å². The van der Waals surface area contributed by atoms with Crippen LogP contribution >= 0.6 is 0 Å². The highest BCUT2D eigenvalue weighted by atomic mass is 16.2. The lowest BCUT2D eigenvalue weighted by molar-refractivity contribution is -0.129. The highest BCUT2D eigenvalue weighted by Gasteiger charge is 2.19. The number of rotatable bonds is 10. The molecule has 0 radical (unpaired) electrons. The van der Waals surface area contributed by atoms with Crippen molar-refractivity contribution in [1.29, 1.82) is 0 Å². The molecule has 1 unspecified atom stereocenters. The number of amides is 2. The number of carbonyl (C=O) groups excluding carboxylic acids is 2. The van der Waals surface area contributed by atoms with Crippen LogP contribution in [0, 0.1) is 0 Å². The number of hydrogen-bond acceptors (Lipinski definition) is 3. The Balaban J connectivity index is 2.50. The van der Waals surface area contributed by atoms with Crippen molar-refractivity contribution < 1.29 is 9.59 Å². The maximum Gasteiger partial charge on any atom is 0.242 e. The van der Waals surface area contributed by atoms with Gasteiger partial charge in [-0.3, -0.25) is 9.59 Å². The molecular formula is C17H27N3O2. The molecule has 0 bridgehead atoms. The Labute approximate surface area is 132 Å². The minimum absolute atomic E-state index is 0.0706. The number of nitrogens with one attached hydrogen (secondary N) is 2. The van der Waals surface area contributed by atoms with Crippen LogP contribution in [0.5, 0.6) is 0 Å². The van der Waals surface area contributed by atoms with Gasteiger partial charge in [0.2, 0.25) is 11.8 Å². The molecule has 1 aromatic rings. The largest absolute Gasteiger partial charge is 0.350 e. The van der Waals surface area contributed by atoms with Gasteiger partial charge in [0.25, 0.3) is 0 Å². The SMILES string of the molecule is CCCCC(=O)NC(CCCN)C(=O)NCc1ccccc1. The van der Waals surface area contributed by atoms with Gasteiger partial charge in [0, 0.05) is 13.0 Å². The van der Waals surface area contributed by atoms with Crippen molar-refractivity contribution >= 4 is 11.8 Å². The van der Waals surface area contributed by atoms with Crippen molar-refractivity contribution in [3.8, 4) is 0 Å². The Morgan fingerprint density at radius 2 is 1.91 bits per heavy atom. The molecule has 0 aromatic heterocycles. The van der Waals surface area contributed by atoms with Crippen molar-refractivity contribution in [3.63, 3.8) is 0 Å². The quantitative estimate of drug-likeness (QED) is 0.615. The van der Waals surface area contributed by atoms with Gasteiger partial charge in [-0.05, 0) is 31.4 Å². The molecule has 1 atom stereocenters. The first-order valence-electron chi connectivity index (χ1n) is 7.98. The summed E-state index contributed by atoms with van der Waals surface area (Å²) in [7, 11) is 0. The van der Waals surface area contributed by atoms with Crippen molar-refractivity contribution in [2.45, 2.75) is 51.6 Å². The summed E-state index contributed by atoms with van der Waals surface area (Å²) >= 11 is 0. The van der Waals surface area contributed by atoms with E-state index in [1.165, 1.54) is 0 Å². The number of carbonyl (C=O) groups is 2. The summed E-state index contributed by atoms with van der Waals surface area (Å²) in [4.78, 5) is 24.1. The molecule has 0 aliphatic rings. The molecule has 0 aliphatic carbocycles. The average molecular weight is 305 g/mol. The Hall–Kier alpha value is -1.88. The smallest absolute Gasteiger partial charge is 0.242 e. The zero-order valence-corrected chi connectivity index (χ0v) is 13.3. The third kappa shape index (κ3) is 7.22. The highest BCUT2D eigenvalue weighted by molar-refractivity contribution is 5.87. The van der Waals surface area contributed by atoms with Crippen LogP contribution in [0.3, 0.4) is 0 Å². The zero-order chi connectivity index (χ0) is 16.2. The van der Waals surface area contributed by atoms with E-state index in [1.54, 1.807) is 0 Å². The molecule has 2 amide bonds. The van der Waals surface area contributed by atoms with Crippen LogP contribution in [0.1, 0.15) is 44.6 Å². The second-order valence-electron chi connectivity index (χ2n) is 5.36. The van der Waals surface area contributed by atoms with Gasteiger partial charge in [-0.25, -0.2) is 0 Å². The number of hydrogen-bond donors (Lipinski definition) is 3. The van der Waals surface area contributed by atoms with Gasteiger partial charge in [0.1, 0.15) is 6.04 Å². The van der Waals surface area contributed by atoms with Crippen LogP contribution in [-0.2, 0) is 16.1 Å². The summed E-state index contributed by atoms with van der Waals surface area (Å²) in [5.74, 6) is -0.221. The van der Waals surface area contributed by atoms with E-state index in [2.05, 4.69) is 10.6 Å². The summed E-state index contributed by atoms with van der Waals surface area (Å²) in [6.07, 6.45) is 3.52. The summed E-state index contributed by atoms with van der Waals surface area (Å²) in [6.45, 7) is 3.00. The predicted molar refractivity (Wildman–Crippen MR) is 88.0 cm³/mol. The van der Waals surface area contributed by atoms with Crippen molar-refractivity contribution in [2.24, 2.45) is 5.73 Å². The maximum absolute atomic E-state index is 12.3. The normalized spacial score (nSPS) is 11.7. The van der Waals surface area contributed by atoms with Crippen LogP contribution in [0.15, 0.2) is 30.3 Å². The van der Waals surface area contributed by atoms with Crippen LogP contribution in [0.4, 0.5) is 0 Å². The fraction of sp³-hybridized carbons (Fsp3) is 0.529. The molecule has 0 saturated heterocycles. The topological polar surface area (TPSA) is 84.2 Å². The fourth-order valence-corrected chi connectivity index (χ4v) is 2.10. The third-order valence-electron chi connectivity index (χ3n) is 3.42. The Morgan fingerprint density at radius 1 is 1.18 bits per heavy atom. The molecule has 1 rings (SSSR count). The van der Waals surface area contributed by atoms with Gasteiger partial charge in [-0.1, -0.05) is 43.7 Å². The van der Waals surface area contributed by atoms with E-state index in [4.69, 9.17) is 5.73 Å². The standard InChI is InChI=1S/C17H27N3O2/c1-2-3-11-16(21)20-15(10-7-12-18)17(22)19-13-14-8-5-4-6-9-14/h4-6,8-9,15H,2-3,7,10-13,18H2,1H3,(H,19,22)(H,20,21). The number of nitrogens with two attached hydrogens (primary N) is 1. The van der Waals surface area contributed by atoms with Crippen molar-refractivity contribution in [2.75, 3.05) is 6.54 Å².